The van der Waals surface area contributed by atoms with Gasteiger partial charge in [0.05, 0.1) is 9.28 Å². The molecule has 3 N–H and O–H groups in total. The van der Waals surface area contributed by atoms with Crippen LogP contribution < -0.4 is 9.84 Å². The molecule has 1 aromatic heterocycles. The lowest BCUT2D eigenvalue weighted by Gasteiger charge is -2.50. The van der Waals surface area contributed by atoms with Gasteiger partial charge in [0, 0.05) is 22.9 Å². The summed E-state index contributed by atoms with van der Waals surface area (Å²) in [7, 11) is -3.03. The SMILES string of the molecule is CON=C1C[C@@H](CCC(=O)Nc2ncc(C)s2)C2C3CCc4cc(OP(=O)(O)O)c(I)cc4C3CC[C@]12C. The van der Waals surface area contributed by atoms with Gasteiger partial charge in [-0.3, -0.25) is 14.6 Å². The highest BCUT2D eigenvalue weighted by Gasteiger charge is 2.57. The summed E-state index contributed by atoms with van der Waals surface area (Å²) >= 11 is 3.58. The minimum atomic E-state index is -4.63. The number of hydrogen-bond acceptors (Lipinski definition) is 7. The summed E-state index contributed by atoms with van der Waals surface area (Å²) in [5, 5.41) is 8.07. The molecule has 1 heterocycles. The number of benzene rings is 1. The van der Waals surface area contributed by atoms with Gasteiger partial charge in [-0.05, 0) is 115 Å². The highest BCUT2D eigenvalue weighted by Crippen LogP contribution is 2.63. The summed E-state index contributed by atoms with van der Waals surface area (Å²) in [6, 6.07) is 3.87. The molecule has 5 rings (SSSR count). The van der Waals surface area contributed by atoms with Crippen molar-refractivity contribution in [1.82, 2.24) is 4.98 Å². The van der Waals surface area contributed by atoms with E-state index in [4.69, 9.17) is 9.36 Å². The molecule has 5 atom stereocenters. The van der Waals surface area contributed by atoms with Gasteiger partial charge in [0.25, 0.3) is 0 Å². The van der Waals surface area contributed by atoms with Crippen molar-refractivity contribution in [2.75, 3.05) is 12.4 Å². The minimum Gasteiger partial charge on any atom is -0.403 e. The smallest absolute Gasteiger partial charge is 0.403 e. The monoisotopic (exact) mass is 673 g/mol. The number of aromatic nitrogens is 1. The lowest BCUT2D eigenvalue weighted by atomic mass is 9.54. The summed E-state index contributed by atoms with van der Waals surface area (Å²) in [5.41, 5.74) is 3.41. The predicted octanol–water partition coefficient (Wildman–Crippen LogP) is 6.03. The zero-order valence-corrected chi connectivity index (χ0v) is 25.5. The number of fused-ring (bicyclic) bond motifs is 5. The Kier molecular flexibility index (Phi) is 7.96. The molecule has 38 heavy (non-hydrogen) atoms. The van der Waals surface area contributed by atoms with Crippen molar-refractivity contribution in [2.24, 2.45) is 28.3 Å². The van der Waals surface area contributed by atoms with Crippen LogP contribution in [-0.2, 0) is 20.6 Å². The highest BCUT2D eigenvalue weighted by atomic mass is 127. The van der Waals surface area contributed by atoms with Crippen molar-refractivity contribution >= 4 is 58.5 Å². The number of rotatable bonds is 7. The minimum absolute atomic E-state index is 0.00771. The van der Waals surface area contributed by atoms with Gasteiger partial charge in [0.2, 0.25) is 5.91 Å². The van der Waals surface area contributed by atoms with Crippen molar-refractivity contribution in [2.45, 2.75) is 64.7 Å². The molecule has 12 heteroatoms. The van der Waals surface area contributed by atoms with Crippen molar-refractivity contribution in [1.29, 1.82) is 0 Å². The number of aryl methyl sites for hydroxylation is 2. The molecule has 0 saturated heterocycles. The maximum absolute atomic E-state index is 12.8. The summed E-state index contributed by atoms with van der Waals surface area (Å²) in [5.74, 6) is 1.72. The van der Waals surface area contributed by atoms with Gasteiger partial charge in [-0.1, -0.05) is 12.1 Å². The Morgan fingerprint density at radius 1 is 1.37 bits per heavy atom. The van der Waals surface area contributed by atoms with E-state index in [-0.39, 0.29) is 17.1 Å². The van der Waals surface area contributed by atoms with Gasteiger partial charge in [0.1, 0.15) is 12.9 Å². The highest BCUT2D eigenvalue weighted by molar-refractivity contribution is 14.1. The fourth-order valence-corrected chi connectivity index (χ4v) is 9.14. The molecule has 3 unspecified atom stereocenters. The predicted molar refractivity (Wildman–Crippen MR) is 154 cm³/mol. The molecule has 9 nitrogen and oxygen atoms in total. The first-order chi connectivity index (χ1) is 18.0. The number of hydrogen-bond donors (Lipinski definition) is 3. The van der Waals surface area contributed by atoms with Crippen LogP contribution in [0.3, 0.4) is 0 Å². The number of carbonyl (C=O) groups excluding carboxylic acids is 1. The Balaban J connectivity index is 1.39. The molecular weight excluding hydrogens is 640 g/mol. The molecule has 2 aromatic rings. The second-order valence-corrected chi connectivity index (χ2v) is 14.5. The van der Waals surface area contributed by atoms with Crippen LogP contribution in [0.4, 0.5) is 5.13 Å². The zero-order chi connectivity index (χ0) is 27.2. The van der Waals surface area contributed by atoms with Crippen molar-refractivity contribution in [3.05, 3.63) is 37.9 Å². The number of anilines is 1. The summed E-state index contributed by atoms with van der Waals surface area (Å²) in [4.78, 5) is 42.0. The molecular formula is C26H33IN3O6PS. The van der Waals surface area contributed by atoms with E-state index in [9.17, 15) is 19.1 Å². The first-order valence-corrected chi connectivity index (χ1v) is 16.3. The Morgan fingerprint density at radius 3 is 2.84 bits per heavy atom. The number of phosphoric acid groups is 1. The van der Waals surface area contributed by atoms with Crippen LogP contribution in [0.5, 0.6) is 5.75 Å². The summed E-state index contributed by atoms with van der Waals surface area (Å²) < 4.78 is 17.1. The molecule has 3 aliphatic carbocycles. The lowest BCUT2D eigenvalue weighted by Crippen LogP contribution is -2.44. The third-order valence-corrected chi connectivity index (χ3v) is 10.8. The van der Waals surface area contributed by atoms with Crippen molar-refractivity contribution in [3.63, 3.8) is 0 Å². The number of amides is 1. The molecule has 1 amide bonds. The van der Waals surface area contributed by atoms with Gasteiger partial charge in [-0.15, -0.1) is 11.3 Å². The van der Waals surface area contributed by atoms with Crippen LogP contribution in [0.2, 0.25) is 0 Å². The van der Waals surface area contributed by atoms with Crippen LogP contribution >= 0.6 is 41.8 Å². The van der Waals surface area contributed by atoms with Crippen LogP contribution in [0.15, 0.2) is 23.5 Å². The first-order valence-electron chi connectivity index (χ1n) is 12.9. The van der Waals surface area contributed by atoms with E-state index in [0.29, 0.717) is 38.8 Å². The number of nitrogens with one attached hydrogen (secondary N) is 1. The number of carbonyl (C=O) groups is 1. The van der Waals surface area contributed by atoms with Gasteiger partial charge < -0.3 is 14.7 Å². The molecule has 1 aromatic carbocycles. The van der Waals surface area contributed by atoms with E-state index >= 15 is 0 Å². The third-order valence-electron chi connectivity index (χ3n) is 8.68. The Hall–Kier alpha value is -1.53. The molecule has 3 aliphatic rings. The van der Waals surface area contributed by atoms with Gasteiger partial charge in [-0.2, -0.15) is 0 Å². The fraction of sp³-hybridized carbons (Fsp3) is 0.577. The second kappa shape index (κ2) is 10.8. The second-order valence-electron chi connectivity index (χ2n) is 10.9. The molecule has 0 spiro atoms. The Morgan fingerprint density at radius 2 is 2.16 bits per heavy atom. The number of phosphoric ester groups is 1. The van der Waals surface area contributed by atoms with Crippen LogP contribution in [0, 0.1) is 33.7 Å². The standard InChI is InChI=1S/C26H33IN3O6PS/c1-14-13-28-25(38-14)29-23(31)7-5-16-11-22(30-35-3)26(2)9-8-17-18(24(16)26)6-4-15-10-21(36-37(32,33)34)20(27)12-19(15)17/h10,12-13,16-18,24H,4-9,11H2,1-3H3,(H,28,29,31)(H2,32,33,34)/t16-,17?,18?,24?,26-/m1/s1. The average molecular weight is 674 g/mol. The van der Waals surface area contributed by atoms with Gasteiger partial charge in [0.15, 0.2) is 5.13 Å². The number of oxime groups is 1. The topological polar surface area (TPSA) is 130 Å². The average Bonchev–Trinajstić information content (AvgIpc) is 3.37. The van der Waals surface area contributed by atoms with Crippen LogP contribution in [0.1, 0.15) is 67.4 Å². The third kappa shape index (κ3) is 5.54. The first kappa shape index (κ1) is 28.0. The van der Waals surface area contributed by atoms with E-state index in [1.807, 2.05) is 13.0 Å². The number of halogens is 1. The fourth-order valence-electron chi connectivity index (χ4n) is 7.28. The zero-order valence-electron chi connectivity index (χ0n) is 21.6. The van der Waals surface area contributed by atoms with E-state index in [1.54, 1.807) is 13.3 Å². The van der Waals surface area contributed by atoms with E-state index in [1.165, 1.54) is 16.9 Å². The largest absolute Gasteiger partial charge is 0.524 e. The number of thiazole rings is 1. The number of nitrogens with zero attached hydrogens (tertiary/aromatic N) is 2. The summed E-state index contributed by atoms with van der Waals surface area (Å²) in [6.45, 7) is 4.29. The Bertz CT molecular complexity index is 1310. The van der Waals surface area contributed by atoms with Gasteiger partial charge >= 0.3 is 7.82 Å². The van der Waals surface area contributed by atoms with Crippen LogP contribution in [-0.4, -0.2) is 33.5 Å². The maximum atomic E-state index is 12.8. The van der Waals surface area contributed by atoms with E-state index < -0.39 is 7.82 Å². The van der Waals surface area contributed by atoms with Gasteiger partial charge in [-0.25, -0.2) is 9.55 Å². The van der Waals surface area contributed by atoms with Crippen LogP contribution in [0.25, 0.3) is 0 Å². The molecule has 206 valence electrons. The normalized spacial score (nSPS) is 29.4. The summed E-state index contributed by atoms with van der Waals surface area (Å²) in [6.07, 6.45) is 7.62. The van der Waals surface area contributed by atoms with Crippen molar-refractivity contribution < 1.29 is 28.5 Å². The quantitative estimate of drug-likeness (QED) is 0.186. The molecule has 2 saturated carbocycles. The molecule has 0 aliphatic heterocycles. The molecule has 2 fully saturated rings. The molecule has 0 radical (unpaired) electrons. The van der Waals surface area contributed by atoms with Crippen molar-refractivity contribution in [3.8, 4) is 5.75 Å². The molecule has 0 bridgehead atoms. The van der Waals surface area contributed by atoms with E-state index in [2.05, 4.69) is 51.0 Å². The Labute approximate surface area is 240 Å². The maximum Gasteiger partial charge on any atom is 0.524 e. The lowest BCUT2D eigenvalue weighted by molar-refractivity contribution is -0.116. The van der Waals surface area contributed by atoms with E-state index in [0.717, 1.165) is 54.7 Å².